The van der Waals surface area contributed by atoms with Crippen molar-refractivity contribution in [3.8, 4) is 0 Å². The minimum absolute atomic E-state index is 0. The lowest BCUT2D eigenvalue weighted by Crippen LogP contribution is -2.40. The fourth-order valence-electron chi connectivity index (χ4n) is 4.10. The van der Waals surface area contributed by atoms with Crippen LogP contribution >= 0.6 is 24.8 Å². The summed E-state index contributed by atoms with van der Waals surface area (Å²) in [5.74, 6) is 0.270. The molecule has 2 heterocycles. The van der Waals surface area contributed by atoms with Crippen molar-refractivity contribution in [3.05, 3.63) is 59.7 Å². The number of fused-ring (bicyclic) bond motifs is 1. The van der Waals surface area contributed by atoms with Crippen molar-refractivity contribution in [2.24, 2.45) is 5.92 Å². The predicted octanol–water partition coefficient (Wildman–Crippen LogP) is 4.42. The van der Waals surface area contributed by atoms with Crippen molar-refractivity contribution < 1.29 is 4.79 Å². The van der Waals surface area contributed by atoms with Crippen molar-refractivity contribution in [2.75, 3.05) is 23.3 Å². The van der Waals surface area contributed by atoms with Gasteiger partial charge in [-0.25, -0.2) is 0 Å². The molecule has 2 aromatic carbocycles. The molecule has 152 valence electrons. The first-order chi connectivity index (χ1) is 12.7. The van der Waals surface area contributed by atoms with E-state index in [2.05, 4.69) is 58.9 Å². The molecule has 28 heavy (non-hydrogen) atoms. The lowest BCUT2D eigenvalue weighted by atomic mass is 9.92. The summed E-state index contributed by atoms with van der Waals surface area (Å²) < 4.78 is 0. The van der Waals surface area contributed by atoms with Gasteiger partial charge in [-0.1, -0.05) is 30.3 Å². The van der Waals surface area contributed by atoms with Gasteiger partial charge in [0.15, 0.2) is 0 Å². The minimum Gasteiger partial charge on any atom is -0.367 e. The van der Waals surface area contributed by atoms with Gasteiger partial charge in [-0.15, -0.1) is 24.8 Å². The van der Waals surface area contributed by atoms with E-state index in [1.165, 1.54) is 16.8 Å². The summed E-state index contributed by atoms with van der Waals surface area (Å²) in [6, 6.07) is 17.4. The highest BCUT2D eigenvalue weighted by atomic mass is 35.5. The number of amides is 1. The second-order valence-electron chi connectivity index (χ2n) is 7.56. The highest BCUT2D eigenvalue weighted by molar-refractivity contribution is 5.92. The summed E-state index contributed by atoms with van der Waals surface area (Å²) in [4.78, 5) is 14.9. The third-order valence-corrected chi connectivity index (χ3v) is 5.57. The van der Waals surface area contributed by atoms with Crippen LogP contribution in [0.15, 0.2) is 48.5 Å². The molecule has 2 atom stereocenters. The van der Waals surface area contributed by atoms with Crippen LogP contribution in [0.5, 0.6) is 0 Å². The van der Waals surface area contributed by atoms with Crippen molar-refractivity contribution in [2.45, 2.75) is 38.8 Å². The standard InChI is InChI=1S/C22H27N3O.2ClH/c1-16-14-19(10-12-23-16)22(26)24-20-8-6-17(7-9-20)15-25-13-11-18-4-2-3-5-21(18)25;;/h2-9,16,19,23H,10-15H2,1H3,(H,24,26);2*1H/t16-,19-;;/m0../s1. The SMILES string of the molecule is C[C@H]1C[C@@H](C(=O)Nc2ccc(CN3CCc4ccccc43)cc2)CCN1.Cl.Cl. The number of rotatable bonds is 4. The Morgan fingerprint density at radius 1 is 1.14 bits per heavy atom. The molecule has 0 spiro atoms. The summed E-state index contributed by atoms with van der Waals surface area (Å²) in [5, 5.41) is 6.48. The lowest BCUT2D eigenvalue weighted by molar-refractivity contribution is -0.120. The van der Waals surface area contributed by atoms with Gasteiger partial charge in [0.25, 0.3) is 0 Å². The van der Waals surface area contributed by atoms with E-state index in [1.54, 1.807) is 0 Å². The lowest BCUT2D eigenvalue weighted by Gasteiger charge is -2.27. The zero-order valence-corrected chi connectivity index (χ0v) is 17.8. The van der Waals surface area contributed by atoms with Crippen LogP contribution in [0.4, 0.5) is 11.4 Å². The van der Waals surface area contributed by atoms with Gasteiger partial charge in [0, 0.05) is 36.4 Å². The van der Waals surface area contributed by atoms with Gasteiger partial charge in [-0.2, -0.15) is 0 Å². The second kappa shape index (κ2) is 10.1. The van der Waals surface area contributed by atoms with E-state index in [0.717, 1.165) is 44.6 Å². The summed E-state index contributed by atoms with van der Waals surface area (Å²) in [6.07, 6.45) is 2.96. The Hall–Kier alpha value is -1.75. The molecular weight excluding hydrogens is 393 g/mol. The van der Waals surface area contributed by atoms with Crippen molar-refractivity contribution in [3.63, 3.8) is 0 Å². The van der Waals surface area contributed by atoms with E-state index >= 15 is 0 Å². The van der Waals surface area contributed by atoms with Gasteiger partial charge in [0.2, 0.25) is 5.91 Å². The van der Waals surface area contributed by atoms with Crippen LogP contribution in [0.2, 0.25) is 0 Å². The molecule has 4 rings (SSSR count). The maximum atomic E-state index is 12.5. The van der Waals surface area contributed by atoms with E-state index in [1.807, 2.05) is 12.1 Å². The Labute approximate surface area is 179 Å². The average molecular weight is 422 g/mol. The summed E-state index contributed by atoms with van der Waals surface area (Å²) in [6.45, 7) is 5.06. The van der Waals surface area contributed by atoms with Gasteiger partial charge < -0.3 is 15.5 Å². The number of carbonyl (C=O) groups excluding carboxylic acids is 1. The number of nitrogens with one attached hydrogen (secondary N) is 2. The molecule has 6 heteroatoms. The van der Waals surface area contributed by atoms with Crippen LogP contribution in [0.3, 0.4) is 0 Å². The Kier molecular flexibility index (Phi) is 8.17. The van der Waals surface area contributed by atoms with Crippen LogP contribution in [-0.2, 0) is 17.8 Å². The molecule has 2 N–H and O–H groups in total. The highest BCUT2D eigenvalue weighted by Crippen LogP contribution is 2.29. The number of anilines is 2. The Bertz CT molecular complexity index is 782. The molecule has 4 nitrogen and oxygen atoms in total. The maximum Gasteiger partial charge on any atom is 0.227 e. The van der Waals surface area contributed by atoms with Crippen LogP contribution in [0.1, 0.15) is 30.9 Å². The Balaban J connectivity index is 0.00000140. The van der Waals surface area contributed by atoms with Crippen LogP contribution < -0.4 is 15.5 Å². The molecule has 0 aliphatic carbocycles. The van der Waals surface area contributed by atoms with E-state index < -0.39 is 0 Å². The molecule has 2 aromatic rings. The molecular formula is C22H29Cl2N3O. The van der Waals surface area contributed by atoms with E-state index in [9.17, 15) is 4.79 Å². The summed E-state index contributed by atoms with van der Waals surface area (Å²) >= 11 is 0. The molecule has 0 unspecified atom stereocenters. The van der Waals surface area contributed by atoms with Gasteiger partial charge in [0.05, 0.1) is 0 Å². The predicted molar refractivity (Wildman–Crippen MR) is 121 cm³/mol. The first-order valence-corrected chi connectivity index (χ1v) is 9.65. The fourth-order valence-corrected chi connectivity index (χ4v) is 4.10. The first-order valence-electron chi connectivity index (χ1n) is 9.65. The average Bonchev–Trinajstić information content (AvgIpc) is 3.06. The summed E-state index contributed by atoms with van der Waals surface area (Å²) in [7, 11) is 0. The number of nitrogens with zero attached hydrogens (tertiary/aromatic N) is 1. The van der Waals surface area contributed by atoms with E-state index in [-0.39, 0.29) is 36.6 Å². The normalized spacial score (nSPS) is 20.5. The van der Waals surface area contributed by atoms with E-state index in [0.29, 0.717) is 6.04 Å². The van der Waals surface area contributed by atoms with Gasteiger partial charge in [-0.3, -0.25) is 4.79 Å². The third-order valence-electron chi connectivity index (χ3n) is 5.57. The van der Waals surface area contributed by atoms with Crippen LogP contribution in [-0.4, -0.2) is 25.0 Å². The molecule has 0 bridgehead atoms. The number of carbonyl (C=O) groups is 1. The molecule has 2 aliphatic rings. The number of hydrogen-bond donors (Lipinski definition) is 2. The third kappa shape index (κ3) is 5.19. The number of benzene rings is 2. The molecule has 0 saturated carbocycles. The number of para-hydroxylation sites is 1. The zero-order valence-electron chi connectivity index (χ0n) is 16.2. The van der Waals surface area contributed by atoms with Crippen molar-refractivity contribution >= 4 is 42.1 Å². The number of halogens is 2. The molecule has 1 fully saturated rings. The van der Waals surface area contributed by atoms with Crippen molar-refractivity contribution in [1.82, 2.24) is 5.32 Å². The Morgan fingerprint density at radius 3 is 2.64 bits per heavy atom. The Morgan fingerprint density at radius 2 is 1.89 bits per heavy atom. The fraction of sp³-hybridized carbons (Fsp3) is 0.409. The molecule has 0 radical (unpaired) electrons. The van der Waals surface area contributed by atoms with Gasteiger partial charge in [-0.05, 0) is 62.1 Å². The minimum atomic E-state index is 0. The van der Waals surface area contributed by atoms with Gasteiger partial charge >= 0.3 is 0 Å². The first kappa shape index (κ1) is 22.5. The van der Waals surface area contributed by atoms with E-state index in [4.69, 9.17) is 0 Å². The monoisotopic (exact) mass is 421 g/mol. The maximum absolute atomic E-state index is 12.5. The van der Waals surface area contributed by atoms with Crippen LogP contribution in [0, 0.1) is 5.92 Å². The highest BCUT2D eigenvalue weighted by Gasteiger charge is 2.24. The molecule has 1 amide bonds. The largest absolute Gasteiger partial charge is 0.367 e. The second-order valence-corrected chi connectivity index (χ2v) is 7.56. The molecule has 1 saturated heterocycles. The number of hydrogen-bond acceptors (Lipinski definition) is 3. The smallest absolute Gasteiger partial charge is 0.227 e. The number of piperidine rings is 1. The van der Waals surface area contributed by atoms with Gasteiger partial charge in [0.1, 0.15) is 0 Å². The zero-order chi connectivity index (χ0) is 17.9. The topological polar surface area (TPSA) is 44.4 Å². The molecule has 2 aliphatic heterocycles. The quantitative estimate of drug-likeness (QED) is 0.767. The summed E-state index contributed by atoms with van der Waals surface area (Å²) in [5.41, 5.74) is 4.96. The van der Waals surface area contributed by atoms with Crippen LogP contribution in [0.25, 0.3) is 0 Å². The molecule has 0 aromatic heterocycles. The van der Waals surface area contributed by atoms with Crippen molar-refractivity contribution in [1.29, 1.82) is 0 Å².